The van der Waals surface area contributed by atoms with Gasteiger partial charge in [-0.05, 0) is 6.92 Å². The second-order valence-corrected chi connectivity index (χ2v) is 4.73. The van der Waals surface area contributed by atoms with Crippen LogP contribution in [0.5, 0.6) is 0 Å². The first-order valence-corrected chi connectivity index (χ1v) is 5.88. The van der Waals surface area contributed by atoms with E-state index in [9.17, 15) is 0 Å². The Morgan fingerprint density at radius 2 is 2.38 bits per heavy atom. The Morgan fingerprint density at radius 1 is 1.50 bits per heavy atom. The number of aryl methyl sites for hydroxylation is 1. The van der Waals surface area contributed by atoms with E-state index in [1.54, 1.807) is 22.2 Å². The molecule has 2 aromatic heterocycles. The molecule has 0 fully saturated rings. The Balaban J connectivity index is 1.89. The van der Waals surface area contributed by atoms with Crippen molar-refractivity contribution in [1.29, 1.82) is 0 Å². The molecule has 0 radical (unpaired) electrons. The van der Waals surface area contributed by atoms with Gasteiger partial charge in [0.25, 0.3) is 0 Å². The third-order valence-electron chi connectivity index (χ3n) is 2.10. The van der Waals surface area contributed by atoms with Crippen molar-refractivity contribution in [2.45, 2.75) is 20.0 Å². The Labute approximate surface area is 97.8 Å². The zero-order valence-corrected chi connectivity index (χ0v) is 9.87. The first-order valence-electron chi connectivity index (χ1n) is 5.06. The van der Waals surface area contributed by atoms with E-state index in [1.807, 2.05) is 19.3 Å². The van der Waals surface area contributed by atoms with Crippen LogP contribution in [0.25, 0.3) is 0 Å². The molecule has 0 aliphatic heterocycles. The van der Waals surface area contributed by atoms with Crippen LogP contribution in [0.15, 0.2) is 18.6 Å². The summed E-state index contributed by atoms with van der Waals surface area (Å²) in [5.74, 6) is 0. The largest absolute Gasteiger partial charge is 0.394 e. The van der Waals surface area contributed by atoms with Crippen LogP contribution in [0.4, 0.5) is 5.69 Å². The molecule has 5 nitrogen and oxygen atoms in total. The molecule has 2 rings (SSSR count). The fourth-order valence-electron chi connectivity index (χ4n) is 1.36. The Hall–Kier alpha value is -1.40. The summed E-state index contributed by atoms with van der Waals surface area (Å²) in [5, 5.41) is 17.2. The van der Waals surface area contributed by atoms with Crippen LogP contribution in [0.2, 0.25) is 0 Å². The molecule has 86 valence electrons. The lowest BCUT2D eigenvalue weighted by Gasteiger charge is -1.99. The van der Waals surface area contributed by atoms with Crippen molar-refractivity contribution in [3.63, 3.8) is 0 Å². The van der Waals surface area contributed by atoms with E-state index in [0.29, 0.717) is 6.54 Å². The lowest BCUT2D eigenvalue weighted by Crippen LogP contribution is -2.01. The first-order chi connectivity index (χ1) is 7.78. The summed E-state index contributed by atoms with van der Waals surface area (Å²) in [5.41, 5.74) is 0.958. The van der Waals surface area contributed by atoms with Gasteiger partial charge in [0.2, 0.25) is 0 Å². The van der Waals surface area contributed by atoms with Crippen LogP contribution in [0, 0.1) is 6.92 Å². The van der Waals surface area contributed by atoms with Crippen molar-refractivity contribution < 1.29 is 5.11 Å². The summed E-state index contributed by atoms with van der Waals surface area (Å²) in [7, 11) is 0. The van der Waals surface area contributed by atoms with Gasteiger partial charge >= 0.3 is 0 Å². The summed E-state index contributed by atoms with van der Waals surface area (Å²) in [6, 6.07) is 0. The molecule has 0 saturated carbocycles. The van der Waals surface area contributed by atoms with Gasteiger partial charge in [-0.1, -0.05) is 0 Å². The third-order valence-corrected chi connectivity index (χ3v) is 3.01. The minimum atomic E-state index is 0.106. The summed E-state index contributed by atoms with van der Waals surface area (Å²) in [4.78, 5) is 5.39. The monoisotopic (exact) mass is 238 g/mol. The van der Waals surface area contributed by atoms with Crippen LogP contribution in [0.1, 0.15) is 9.88 Å². The van der Waals surface area contributed by atoms with E-state index in [2.05, 4.69) is 15.4 Å². The van der Waals surface area contributed by atoms with Gasteiger partial charge in [-0.2, -0.15) is 5.10 Å². The molecule has 0 bridgehead atoms. The van der Waals surface area contributed by atoms with Crippen molar-refractivity contribution in [2.75, 3.05) is 11.9 Å². The summed E-state index contributed by atoms with van der Waals surface area (Å²) in [6.07, 6.45) is 5.51. The van der Waals surface area contributed by atoms with Crippen molar-refractivity contribution in [3.05, 3.63) is 28.5 Å². The lowest BCUT2D eigenvalue weighted by molar-refractivity contribution is 0.269. The van der Waals surface area contributed by atoms with Gasteiger partial charge in [-0.3, -0.25) is 4.68 Å². The second kappa shape index (κ2) is 5.09. The maximum absolute atomic E-state index is 8.75. The molecule has 0 saturated heterocycles. The fourth-order valence-corrected chi connectivity index (χ4v) is 2.09. The van der Waals surface area contributed by atoms with Crippen molar-refractivity contribution in [2.24, 2.45) is 0 Å². The van der Waals surface area contributed by atoms with Gasteiger partial charge < -0.3 is 10.4 Å². The number of aliphatic hydroxyl groups excluding tert-OH is 1. The highest BCUT2D eigenvalue weighted by Crippen LogP contribution is 2.14. The molecule has 2 N–H and O–H groups in total. The molecule has 0 aromatic carbocycles. The quantitative estimate of drug-likeness (QED) is 0.823. The number of aliphatic hydroxyl groups is 1. The van der Waals surface area contributed by atoms with Gasteiger partial charge in [0, 0.05) is 17.3 Å². The van der Waals surface area contributed by atoms with E-state index in [4.69, 9.17) is 5.11 Å². The van der Waals surface area contributed by atoms with E-state index < -0.39 is 0 Å². The molecule has 6 heteroatoms. The zero-order valence-electron chi connectivity index (χ0n) is 9.05. The third kappa shape index (κ3) is 2.80. The van der Waals surface area contributed by atoms with Gasteiger partial charge in [0.05, 0.1) is 36.6 Å². The molecule has 2 heterocycles. The molecule has 0 unspecified atom stereocenters. The van der Waals surface area contributed by atoms with E-state index in [1.165, 1.54) is 4.88 Å². The highest BCUT2D eigenvalue weighted by Gasteiger charge is 2.00. The van der Waals surface area contributed by atoms with Crippen LogP contribution < -0.4 is 5.32 Å². The van der Waals surface area contributed by atoms with Crippen molar-refractivity contribution in [3.8, 4) is 0 Å². The standard InChI is InChI=1S/C10H14N4OS/c1-8-11-5-10(16-8)6-12-9-4-13-14(7-9)2-3-15/h4-5,7,12,15H,2-3,6H2,1H3. The number of nitrogens with zero attached hydrogens (tertiary/aromatic N) is 3. The summed E-state index contributed by atoms with van der Waals surface area (Å²) < 4.78 is 1.71. The van der Waals surface area contributed by atoms with Gasteiger partial charge in [-0.15, -0.1) is 11.3 Å². The van der Waals surface area contributed by atoms with Crippen LogP contribution >= 0.6 is 11.3 Å². The fraction of sp³-hybridized carbons (Fsp3) is 0.400. The number of hydrogen-bond acceptors (Lipinski definition) is 5. The zero-order chi connectivity index (χ0) is 11.4. The van der Waals surface area contributed by atoms with E-state index in [0.717, 1.165) is 17.2 Å². The van der Waals surface area contributed by atoms with Crippen LogP contribution in [-0.2, 0) is 13.1 Å². The molecular weight excluding hydrogens is 224 g/mol. The second-order valence-electron chi connectivity index (χ2n) is 3.41. The summed E-state index contributed by atoms with van der Waals surface area (Å²) >= 11 is 1.68. The minimum absolute atomic E-state index is 0.106. The van der Waals surface area contributed by atoms with Crippen LogP contribution in [-0.4, -0.2) is 26.5 Å². The number of thiazole rings is 1. The molecule has 2 aromatic rings. The topological polar surface area (TPSA) is 63.0 Å². The number of nitrogens with one attached hydrogen (secondary N) is 1. The molecule has 0 atom stereocenters. The smallest absolute Gasteiger partial charge is 0.0897 e. The maximum atomic E-state index is 8.75. The highest BCUT2D eigenvalue weighted by atomic mass is 32.1. The highest BCUT2D eigenvalue weighted by molar-refractivity contribution is 7.11. The van der Waals surface area contributed by atoms with E-state index in [-0.39, 0.29) is 6.61 Å². The SMILES string of the molecule is Cc1ncc(CNc2cnn(CCO)c2)s1. The predicted octanol–water partition coefficient (Wildman–Crippen LogP) is 1.25. The van der Waals surface area contributed by atoms with Gasteiger partial charge in [0.15, 0.2) is 0 Å². The van der Waals surface area contributed by atoms with Gasteiger partial charge in [0.1, 0.15) is 0 Å². The molecule has 16 heavy (non-hydrogen) atoms. The molecule has 0 aliphatic rings. The number of rotatable bonds is 5. The summed E-state index contributed by atoms with van der Waals surface area (Å²) in [6.45, 7) is 3.39. The van der Waals surface area contributed by atoms with Crippen LogP contribution in [0.3, 0.4) is 0 Å². The lowest BCUT2D eigenvalue weighted by atomic mass is 10.5. The maximum Gasteiger partial charge on any atom is 0.0897 e. The molecule has 0 aliphatic carbocycles. The average molecular weight is 238 g/mol. The average Bonchev–Trinajstić information content (AvgIpc) is 2.85. The minimum Gasteiger partial charge on any atom is -0.394 e. The Kier molecular flexibility index (Phi) is 3.53. The Morgan fingerprint density at radius 3 is 3.06 bits per heavy atom. The number of anilines is 1. The Bertz CT molecular complexity index is 451. The predicted molar refractivity (Wildman–Crippen MR) is 63.5 cm³/mol. The number of hydrogen-bond donors (Lipinski definition) is 2. The first kappa shape index (κ1) is 11.1. The van der Waals surface area contributed by atoms with Crippen molar-refractivity contribution >= 4 is 17.0 Å². The molecule has 0 amide bonds. The molecule has 0 spiro atoms. The normalized spacial score (nSPS) is 10.6. The van der Waals surface area contributed by atoms with E-state index >= 15 is 0 Å². The van der Waals surface area contributed by atoms with Gasteiger partial charge in [-0.25, -0.2) is 4.98 Å². The van der Waals surface area contributed by atoms with Crippen molar-refractivity contribution in [1.82, 2.24) is 14.8 Å². The number of aromatic nitrogens is 3. The molecular formula is C10H14N4OS.